The minimum absolute atomic E-state index is 0.308. The Morgan fingerprint density at radius 3 is 2.75 bits per heavy atom. The van der Waals surface area contributed by atoms with Gasteiger partial charge in [0.05, 0.1) is 17.8 Å². The second-order valence-electron chi connectivity index (χ2n) is 3.66. The molecule has 4 heteroatoms. The molecule has 0 saturated carbocycles. The van der Waals surface area contributed by atoms with Gasteiger partial charge in [0, 0.05) is 24.4 Å². The van der Waals surface area contributed by atoms with Gasteiger partial charge >= 0.3 is 0 Å². The molecule has 16 heavy (non-hydrogen) atoms. The molecule has 0 atom stereocenters. The Morgan fingerprint density at radius 1 is 1.44 bits per heavy atom. The van der Waals surface area contributed by atoms with Crippen LogP contribution in [0.2, 0.25) is 0 Å². The van der Waals surface area contributed by atoms with Crippen molar-refractivity contribution in [3.63, 3.8) is 0 Å². The molecule has 0 saturated heterocycles. The van der Waals surface area contributed by atoms with Crippen LogP contribution in [-0.4, -0.2) is 9.78 Å². The van der Waals surface area contributed by atoms with Crippen LogP contribution in [0.4, 0.5) is 4.39 Å². The van der Waals surface area contributed by atoms with Crippen molar-refractivity contribution in [2.24, 2.45) is 7.05 Å². The van der Waals surface area contributed by atoms with E-state index in [1.807, 2.05) is 0 Å². The number of nitriles is 1. The van der Waals surface area contributed by atoms with Crippen LogP contribution in [0.25, 0.3) is 11.1 Å². The fraction of sp³-hybridized carbons (Fsp3) is 0.167. The highest BCUT2D eigenvalue weighted by Crippen LogP contribution is 2.25. The second-order valence-corrected chi connectivity index (χ2v) is 3.66. The van der Waals surface area contributed by atoms with Gasteiger partial charge in [-0.1, -0.05) is 0 Å². The highest BCUT2D eigenvalue weighted by molar-refractivity contribution is 5.70. The van der Waals surface area contributed by atoms with E-state index in [9.17, 15) is 4.39 Å². The smallest absolute Gasteiger partial charge is 0.126 e. The van der Waals surface area contributed by atoms with E-state index < -0.39 is 0 Å². The molecule has 0 aliphatic carbocycles. The van der Waals surface area contributed by atoms with Gasteiger partial charge in [0.15, 0.2) is 0 Å². The number of aromatic nitrogens is 2. The van der Waals surface area contributed by atoms with Gasteiger partial charge in [-0.25, -0.2) is 4.39 Å². The van der Waals surface area contributed by atoms with Crippen molar-refractivity contribution in [3.05, 3.63) is 41.5 Å². The Bertz CT molecular complexity index is 578. The van der Waals surface area contributed by atoms with E-state index in [0.29, 0.717) is 16.7 Å². The van der Waals surface area contributed by atoms with Gasteiger partial charge < -0.3 is 0 Å². The SMILES string of the molecule is Cc1cc(C#N)c(-c2cnn(C)c2)cc1F. The van der Waals surface area contributed by atoms with Crippen LogP contribution < -0.4 is 0 Å². The van der Waals surface area contributed by atoms with Gasteiger partial charge in [-0.2, -0.15) is 10.4 Å². The monoisotopic (exact) mass is 215 g/mol. The molecule has 1 heterocycles. The zero-order valence-electron chi connectivity index (χ0n) is 9.03. The Kier molecular flexibility index (Phi) is 2.45. The summed E-state index contributed by atoms with van der Waals surface area (Å²) in [4.78, 5) is 0. The molecular formula is C12H10FN3. The van der Waals surface area contributed by atoms with E-state index in [0.717, 1.165) is 5.56 Å². The minimum Gasteiger partial charge on any atom is -0.275 e. The average Bonchev–Trinajstić information content (AvgIpc) is 2.68. The number of hydrogen-bond acceptors (Lipinski definition) is 2. The number of aryl methyl sites for hydroxylation is 2. The zero-order valence-corrected chi connectivity index (χ0v) is 9.03. The van der Waals surface area contributed by atoms with Crippen LogP contribution in [0, 0.1) is 24.1 Å². The van der Waals surface area contributed by atoms with E-state index in [1.54, 1.807) is 37.1 Å². The number of rotatable bonds is 1. The first-order valence-electron chi connectivity index (χ1n) is 4.81. The average molecular weight is 215 g/mol. The summed E-state index contributed by atoms with van der Waals surface area (Å²) in [6.45, 7) is 1.64. The Morgan fingerprint density at radius 2 is 2.19 bits per heavy atom. The molecule has 0 bridgehead atoms. The summed E-state index contributed by atoms with van der Waals surface area (Å²) in [5.41, 5.74) is 2.27. The van der Waals surface area contributed by atoms with Crippen molar-refractivity contribution in [1.29, 1.82) is 5.26 Å². The van der Waals surface area contributed by atoms with Gasteiger partial charge in [-0.3, -0.25) is 4.68 Å². The van der Waals surface area contributed by atoms with Crippen molar-refractivity contribution in [3.8, 4) is 17.2 Å². The van der Waals surface area contributed by atoms with Gasteiger partial charge in [-0.15, -0.1) is 0 Å². The molecule has 0 amide bonds. The molecule has 0 unspecified atom stereocenters. The van der Waals surface area contributed by atoms with E-state index >= 15 is 0 Å². The van der Waals surface area contributed by atoms with Crippen molar-refractivity contribution in [1.82, 2.24) is 9.78 Å². The molecule has 80 valence electrons. The molecular weight excluding hydrogens is 205 g/mol. The maximum atomic E-state index is 13.5. The van der Waals surface area contributed by atoms with Gasteiger partial charge in [0.1, 0.15) is 5.82 Å². The molecule has 0 N–H and O–H groups in total. The van der Waals surface area contributed by atoms with E-state index in [1.165, 1.54) is 6.07 Å². The lowest BCUT2D eigenvalue weighted by molar-refractivity contribution is 0.619. The number of hydrogen-bond donors (Lipinski definition) is 0. The van der Waals surface area contributed by atoms with Crippen molar-refractivity contribution in [2.75, 3.05) is 0 Å². The summed E-state index contributed by atoms with van der Waals surface area (Å²) in [7, 11) is 1.78. The van der Waals surface area contributed by atoms with E-state index in [-0.39, 0.29) is 5.82 Å². The molecule has 1 aromatic heterocycles. The topological polar surface area (TPSA) is 41.6 Å². The quantitative estimate of drug-likeness (QED) is 0.733. The summed E-state index contributed by atoms with van der Waals surface area (Å²) in [5.74, 6) is -0.308. The zero-order chi connectivity index (χ0) is 11.7. The maximum Gasteiger partial charge on any atom is 0.126 e. The third-order valence-electron chi connectivity index (χ3n) is 2.44. The lowest BCUT2D eigenvalue weighted by atomic mass is 10.0. The fourth-order valence-corrected chi connectivity index (χ4v) is 1.57. The van der Waals surface area contributed by atoms with Gasteiger partial charge in [0.25, 0.3) is 0 Å². The number of nitrogens with zero attached hydrogens (tertiary/aromatic N) is 3. The molecule has 3 nitrogen and oxygen atoms in total. The summed E-state index contributed by atoms with van der Waals surface area (Å²) < 4.78 is 15.1. The normalized spacial score (nSPS) is 10.1. The van der Waals surface area contributed by atoms with Crippen molar-refractivity contribution < 1.29 is 4.39 Å². The van der Waals surface area contributed by atoms with E-state index in [2.05, 4.69) is 11.2 Å². The van der Waals surface area contributed by atoms with Gasteiger partial charge in [-0.05, 0) is 24.6 Å². The Hall–Kier alpha value is -2.15. The summed E-state index contributed by atoms with van der Waals surface area (Å²) >= 11 is 0. The standard InChI is InChI=1S/C12H10FN3/c1-8-3-9(5-14)11(4-12(8)13)10-6-15-16(2)7-10/h3-4,6-7H,1-2H3. The lowest BCUT2D eigenvalue weighted by Crippen LogP contribution is -1.89. The molecule has 1 aromatic carbocycles. The maximum absolute atomic E-state index is 13.5. The summed E-state index contributed by atoms with van der Waals surface area (Å²) in [5, 5.41) is 13.0. The summed E-state index contributed by atoms with van der Waals surface area (Å²) in [6.07, 6.45) is 3.37. The molecule has 0 spiro atoms. The Labute approximate surface area is 92.7 Å². The van der Waals surface area contributed by atoms with Crippen LogP contribution in [0.3, 0.4) is 0 Å². The largest absolute Gasteiger partial charge is 0.275 e. The van der Waals surface area contributed by atoms with Crippen LogP contribution in [-0.2, 0) is 7.05 Å². The predicted octanol–water partition coefficient (Wildman–Crippen LogP) is 2.41. The van der Waals surface area contributed by atoms with Crippen molar-refractivity contribution in [2.45, 2.75) is 6.92 Å². The number of benzene rings is 1. The molecule has 2 aromatic rings. The van der Waals surface area contributed by atoms with E-state index in [4.69, 9.17) is 5.26 Å². The molecule has 2 rings (SSSR count). The first-order chi connectivity index (χ1) is 7.61. The van der Waals surface area contributed by atoms with Gasteiger partial charge in [0.2, 0.25) is 0 Å². The first-order valence-corrected chi connectivity index (χ1v) is 4.81. The van der Waals surface area contributed by atoms with Crippen LogP contribution >= 0.6 is 0 Å². The second kappa shape index (κ2) is 3.78. The fourth-order valence-electron chi connectivity index (χ4n) is 1.57. The Balaban J connectivity index is 2.65. The third-order valence-corrected chi connectivity index (χ3v) is 2.44. The highest BCUT2D eigenvalue weighted by atomic mass is 19.1. The predicted molar refractivity (Wildman–Crippen MR) is 58.1 cm³/mol. The number of halogens is 1. The molecule has 0 aliphatic heterocycles. The summed E-state index contributed by atoms with van der Waals surface area (Å²) in [6, 6.07) is 5.00. The van der Waals surface area contributed by atoms with Crippen LogP contribution in [0.1, 0.15) is 11.1 Å². The van der Waals surface area contributed by atoms with Crippen LogP contribution in [0.15, 0.2) is 24.5 Å². The van der Waals surface area contributed by atoms with Crippen molar-refractivity contribution >= 4 is 0 Å². The molecule has 0 fully saturated rings. The molecule has 0 radical (unpaired) electrons. The minimum atomic E-state index is -0.308. The highest BCUT2D eigenvalue weighted by Gasteiger charge is 2.10. The van der Waals surface area contributed by atoms with Crippen LogP contribution in [0.5, 0.6) is 0 Å². The molecule has 0 aliphatic rings. The first kappa shape index (κ1) is 10.4. The lowest BCUT2D eigenvalue weighted by Gasteiger charge is -2.03. The third kappa shape index (κ3) is 1.68.